The van der Waals surface area contributed by atoms with Gasteiger partial charge in [-0.3, -0.25) is 9.59 Å². The van der Waals surface area contributed by atoms with Crippen LogP contribution < -0.4 is 5.43 Å². The average molecular weight is 554 g/mol. The maximum absolute atomic E-state index is 12.7. The van der Waals surface area contributed by atoms with Gasteiger partial charge < -0.3 is 19.8 Å². The highest BCUT2D eigenvalue weighted by atomic mass is 35.5. The first-order chi connectivity index (χ1) is 16.7. The van der Waals surface area contributed by atoms with Gasteiger partial charge in [0, 0.05) is 25.6 Å². The van der Waals surface area contributed by atoms with E-state index in [4.69, 9.17) is 27.9 Å². The summed E-state index contributed by atoms with van der Waals surface area (Å²) in [5.41, 5.74) is 4.05. The molecule has 1 aromatic carbocycles. The Balaban J connectivity index is 1.43. The zero-order chi connectivity index (χ0) is 25.3. The number of thiophene rings is 2. The minimum Gasteiger partial charge on any atom is -0.506 e. The Labute approximate surface area is 219 Å². The molecule has 2 atom stereocenters. The van der Waals surface area contributed by atoms with Crippen LogP contribution in [0.25, 0.3) is 10.4 Å². The minimum atomic E-state index is -0.741. The largest absolute Gasteiger partial charge is 0.506 e. The Hall–Kier alpha value is -2.47. The number of aliphatic hydroxyl groups excluding tert-OH is 1. The van der Waals surface area contributed by atoms with Crippen molar-refractivity contribution < 1.29 is 24.5 Å². The van der Waals surface area contributed by atoms with Crippen molar-refractivity contribution in [2.75, 3.05) is 20.2 Å². The number of benzene rings is 1. The van der Waals surface area contributed by atoms with Crippen LogP contribution in [0, 0.1) is 0 Å². The van der Waals surface area contributed by atoms with Crippen LogP contribution in [0.5, 0.6) is 5.75 Å². The van der Waals surface area contributed by atoms with Gasteiger partial charge in [-0.05, 0) is 36.8 Å². The standard InChI is InChI=1S/C23H21Cl2N3O5S2/c1-11(13-10-34-21(20(13)30)12-3-4-14(24)15(25)7-12)26-27-22(31)18-5-6-19(35-18)23(32)28-8-16(29)17(9-28)33-2/h3-7,10,16-17,29-30H,8-9H2,1-2H3,(H,27,31)/b26-11+. The van der Waals surface area contributed by atoms with Gasteiger partial charge in [-0.25, -0.2) is 5.43 Å². The van der Waals surface area contributed by atoms with E-state index in [1.807, 2.05) is 0 Å². The average Bonchev–Trinajstić information content (AvgIpc) is 3.57. The second kappa shape index (κ2) is 10.7. The number of hydrogen-bond acceptors (Lipinski definition) is 8. The van der Waals surface area contributed by atoms with Crippen LogP contribution >= 0.6 is 45.9 Å². The summed E-state index contributed by atoms with van der Waals surface area (Å²) in [6.07, 6.45) is -1.17. The number of aliphatic hydroxyl groups is 1. The van der Waals surface area contributed by atoms with Crippen molar-refractivity contribution in [3.05, 3.63) is 61.1 Å². The number of likely N-dealkylation sites (tertiary alicyclic amines) is 1. The van der Waals surface area contributed by atoms with E-state index in [-0.39, 0.29) is 24.7 Å². The van der Waals surface area contributed by atoms with Gasteiger partial charge in [0.05, 0.1) is 42.1 Å². The molecule has 4 rings (SSSR count). The van der Waals surface area contributed by atoms with E-state index in [9.17, 15) is 19.8 Å². The van der Waals surface area contributed by atoms with Crippen LogP contribution in [0.15, 0.2) is 40.8 Å². The first kappa shape index (κ1) is 25.6. The molecule has 1 saturated heterocycles. The second-order valence-corrected chi connectivity index (χ2v) is 10.6. The number of methoxy groups -OCH3 is 1. The number of ether oxygens (including phenoxy) is 1. The maximum atomic E-state index is 12.7. The third-order valence-electron chi connectivity index (χ3n) is 5.53. The number of halogens is 2. The molecule has 8 nitrogen and oxygen atoms in total. The second-order valence-electron chi connectivity index (χ2n) is 7.81. The minimum absolute atomic E-state index is 0.0232. The zero-order valence-electron chi connectivity index (χ0n) is 18.6. The number of rotatable bonds is 6. The number of carbonyl (C=O) groups is 2. The predicted octanol–water partition coefficient (Wildman–Crippen LogP) is 4.47. The van der Waals surface area contributed by atoms with Crippen molar-refractivity contribution in [1.82, 2.24) is 10.3 Å². The monoisotopic (exact) mass is 553 g/mol. The van der Waals surface area contributed by atoms with Crippen molar-refractivity contribution in [1.29, 1.82) is 0 Å². The summed E-state index contributed by atoms with van der Waals surface area (Å²) >= 11 is 14.4. The molecule has 12 heteroatoms. The van der Waals surface area contributed by atoms with Gasteiger partial charge in [-0.2, -0.15) is 5.10 Å². The number of carbonyl (C=O) groups excluding carboxylic acids is 2. The SMILES string of the molecule is COC1CN(C(=O)c2ccc(C(=O)N/N=C(\C)c3csc(-c4ccc(Cl)c(Cl)c4)c3O)s2)CC1O. The molecule has 2 unspecified atom stereocenters. The highest BCUT2D eigenvalue weighted by Crippen LogP contribution is 2.40. The Kier molecular flexibility index (Phi) is 7.80. The molecule has 0 bridgehead atoms. The Morgan fingerprint density at radius 2 is 1.91 bits per heavy atom. The molecule has 1 aliphatic rings. The fraction of sp³-hybridized carbons (Fsp3) is 0.261. The van der Waals surface area contributed by atoms with Gasteiger partial charge >= 0.3 is 0 Å². The van der Waals surface area contributed by atoms with Crippen molar-refractivity contribution in [3.8, 4) is 16.2 Å². The van der Waals surface area contributed by atoms with Crippen molar-refractivity contribution >= 4 is 63.4 Å². The molecule has 2 aromatic heterocycles. The number of aromatic hydroxyl groups is 1. The zero-order valence-corrected chi connectivity index (χ0v) is 21.8. The van der Waals surface area contributed by atoms with Crippen LogP contribution in [-0.2, 0) is 4.74 Å². The lowest BCUT2D eigenvalue weighted by molar-refractivity contribution is 0.0215. The molecule has 0 saturated carbocycles. The smallest absolute Gasteiger partial charge is 0.281 e. The van der Waals surface area contributed by atoms with E-state index in [1.165, 1.54) is 23.3 Å². The summed E-state index contributed by atoms with van der Waals surface area (Å²) in [4.78, 5) is 28.1. The molecule has 184 valence electrons. The third-order valence-corrected chi connectivity index (χ3v) is 8.36. The summed E-state index contributed by atoms with van der Waals surface area (Å²) in [5, 5.41) is 27.3. The van der Waals surface area contributed by atoms with Crippen LogP contribution in [0.3, 0.4) is 0 Å². The quantitative estimate of drug-likeness (QED) is 0.308. The van der Waals surface area contributed by atoms with E-state index in [1.54, 1.807) is 42.6 Å². The Morgan fingerprint density at radius 3 is 2.60 bits per heavy atom. The van der Waals surface area contributed by atoms with E-state index >= 15 is 0 Å². The van der Waals surface area contributed by atoms with Gasteiger partial charge in [-0.1, -0.05) is 29.3 Å². The Morgan fingerprint density at radius 1 is 1.17 bits per heavy atom. The van der Waals surface area contributed by atoms with Crippen molar-refractivity contribution in [2.45, 2.75) is 19.1 Å². The molecule has 2 amide bonds. The predicted molar refractivity (Wildman–Crippen MR) is 138 cm³/mol. The molecular weight excluding hydrogens is 533 g/mol. The fourth-order valence-electron chi connectivity index (χ4n) is 3.59. The lowest BCUT2D eigenvalue weighted by Crippen LogP contribution is -2.29. The summed E-state index contributed by atoms with van der Waals surface area (Å²) in [6, 6.07) is 8.19. The van der Waals surface area contributed by atoms with E-state index in [2.05, 4.69) is 10.5 Å². The van der Waals surface area contributed by atoms with Gasteiger partial charge in [0.2, 0.25) is 0 Å². The van der Waals surface area contributed by atoms with E-state index < -0.39 is 18.1 Å². The lowest BCUT2D eigenvalue weighted by Gasteiger charge is -2.14. The molecule has 1 aliphatic heterocycles. The summed E-state index contributed by atoms with van der Waals surface area (Å²) in [5.74, 6) is -0.732. The van der Waals surface area contributed by atoms with E-state index in [0.29, 0.717) is 41.5 Å². The van der Waals surface area contributed by atoms with Gasteiger partial charge in [0.15, 0.2) is 0 Å². The molecule has 0 spiro atoms. The fourth-order valence-corrected chi connectivity index (χ4v) is 5.75. The van der Waals surface area contributed by atoms with Crippen LogP contribution in [-0.4, -0.2) is 65.0 Å². The molecule has 35 heavy (non-hydrogen) atoms. The highest BCUT2D eigenvalue weighted by molar-refractivity contribution is 7.16. The van der Waals surface area contributed by atoms with Gasteiger partial charge in [0.1, 0.15) is 11.9 Å². The van der Waals surface area contributed by atoms with Crippen LogP contribution in [0.2, 0.25) is 10.0 Å². The molecule has 3 N–H and O–H groups in total. The summed E-state index contributed by atoms with van der Waals surface area (Å²) < 4.78 is 5.17. The number of nitrogens with one attached hydrogen (secondary N) is 1. The number of amides is 2. The number of nitrogens with zero attached hydrogens (tertiary/aromatic N) is 2. The molecule has 1 fully saturated rings. The summed E-state index contributed by atoms with van der Waals surface area (Å²) in [6.45, 7) is 2.12. The van der Waals surface area contributed by atoms with Crippen LogP contribution in [0.4, 0.5) is 0 Å². The molecule has 3 aromatic rings. The highest BCUT2D eigenvalue weighted by Gasteiger charge is 2.35. The maximum Gasteiger partial charge on any atom is 0.281 e. The van der Waals surface area contributed by atoms with Crippen molar-refractivity contribution in [2.24, 2.45) is 5.10 Å². The molecule has 0 aliphatic carbocycles. The van der Waals surface area contributed by atoms with E-state index in [0.717, 1.165) is 11.3 Å². The molecular formula is C23H21Cl2N3O5S2. The van der Waals surface area contributed by atoms with Gasteiger partial charge in [-0.15, -0.1) is 22.7 Å². The van der Waals surface area contributed by atoms with Crippen LogP contribution in [0.1, 0.15) is 31.8 Å². The lowest BCUT2D eigenvalue weighted by atomic mass is 10.1. The first-order valence-electron chi connectivity index (χ1n) is 10.4. The number of β-amino-alcohol motifs (C(OH)–C–C–N with tert-alkyl or cyclic N) is 1. The first-order valence-corrected chi connectivity index (χ1v) is 12.9. The summed E-state index contributed by atoms with van der Waals surface area (Å²) in [7, 11) is 1.49. The number of hydrogen-bond donors (Lipinski definition) is 3. The van der Waals surface area contributed by atoms with Gasteiger partial charge in [0.25, 0.3) is 11.8 Å². The molecule has 0 radical (unpaired) electrons. The molecule has 3 heterocycles. The van der Waals surface area contributed by atoms with Crippen molar-refractivity contribution in [3.63, 3.8) is 0 Å². The number of hydrazone groups is 1. The normalized spacial score (nSPS) is 18.2. The topological polar surface area (TPSA) is 111 Å². The Bertz CT molecular complexity index is 1310. The third kappa shape index (κ3) is 5.37.